The van der Waals surface area contributed by atoms with Gasteiger partial charge in [-0.15, -0.1) is 0 Å². The molecule has 0 aliphatic rings. The fourth-order valence-electron chi connectivity index (χ4n) is 1.11. The highest BCUT2D eigenvalue weighted by atomic mass is 79.9. The molecular formula is C10H7Br2F3OS. The standard InChI is InChI=1S/C10H7Br2F3OS/c11-4-3-8(16)6-1-2-9(7(12)5-6)17-10(13,14)15/h1-2,5H,3-4H2. The number of ketones is 1. The Morgan fingerprint density at radius 3 is 2.47 bits per heavy atom. The molecule has 0 aliphatic carbocycles. The maximum atomic E-state index is 12.2. The molecule has 1 rings (SSSR count). The summed E-state index contributed by atoms with van der Waals surface area (Å²) in [5, 5.41) is 0.530. The molecule has 17 heavy (non-hydrogen) atoms. The molecule has 0 aliphatic heterocycles. The second-order valence-corrected chi connectivity index (χ2v) is 5.81. The fraction of sp³-hybridized carbons (Fsp3) is 0.300. The predicted octanol–water partition coefficient (Wildman–Crippen LogP) is 5.03. The molecule has 1 aromatic rings. The highest BCUT2D eigenvalue weighted by Gasteiger charge is 2.30. The summed E-state index contributed by atoms with van der Waals surface area (Å²) in [4.78, 5) is 11.6. The van der Waals surface area contributed by atoms with E-state index >= 15 is 0 Å². The van der Waals surface area contributed by atoms with Crippen LogP contribution in [0.4, 0.5) is 13.2 Å². The first kappa shape index (κ1) is 15.0. The van der Waals surface area contributed by atoms with E-state index in [4.69, 9.17) is 0 Å². The van der Waals surface area contributed by atoms with Crippen LogP contribution in [0.2, 0.25) is 0 Å². The van der Waals surface area contributed by atoms with Crippen LogP contribution in [0, 0.1) is 0 Å². The highest BCUT2D eigenvalue weighted by Crippen LogP contribution is 2.40. The van der Waals surface area contributed by atoms with E-state index in [2.05, 4.69) is 31.9 Å². The second-order valence-electron chi connectivity index (χ2n) is 3.06. The maximum Gasteiger partial charge on any atom is 0.446 e. The smallest absolute Gasteiger partial charge is 0.294 e. The SMILES string of the molecule is O=C(CCBr)c1ccc(SC(F)(F)F)c(Br)c1. The van der Waals surface area contributed by atoms with E-state index in [-0.39, 0.29) is 26.9 Å². The van der Waals surface area contributed by atoms with E-state index in [0.717, 1.165) is 0 Å². The number of hydrogen-bond donors (Lipinski definition) is 0. The normalized spacial score (nSPS) is 11.6. The Morgan fingerprint density at radius 1 is 1.35 bits per heavy atom. The van der Waals surface area contributed by atoms with Crippen LogP contribution in [0.15, 0.2) is 27.6 Å². The molecular weight excluding hydrogens is 385 g/mol. The van der Waals surface area contributed by atoms with Crippen molar-refractivity contribution in [3.8, 4) is 0 Å². The molecule has 1 aromatic carbocycles. The quantitative estimate of drug-likeness (QED) is 0.406. The van der Waals surface area contributed by atoms with Crippen molar-refractivity contribution in [2.24, 2.45) is 0 Å². The van der Waals surface area contributed by atoms with Crippen molar-refractivity contribution in [1.29, 1.82) is 0 Å². The average Bonchev–Trinajstić information content (AvgIpc) is 2.19. The molecule has 0 spiro atoms. The largest absolute Gasteiger partial charge is 0.446 e. The number of rotatable bonds is 4. The zero-order valence-corrected chi connectivity index (χ0v) is 12.3. The molecule has 0 amide bonds. The predicted molar refractivity (Wildman–Crippen MR) is 68.8 cm³/mol. The lowest BCUT2D eigenvalue weighted by Crippen LogP contribution is -2.02. The summed E-state index contributed by atoms with van der Waals surface area (Å²) in [5.74, 6) is -0.105. The lowest BCUT2D eigenvalue weighted by Gasteiger charge is -2.08. The molecule has 0 saturated carbocycles. The molecule has 0 heterocycles. The fourth-order valence-corrected chi connectivity index (χ4v) is 2.64. The Balaban J connectivity index is 2.90. The zero-order valence-electron chi connectivity index (χ0n) is 8.35. The molecule has 0 fully saturated rings. The van der Waals surface area contributed by atoms with Crippen LogP contribution in [0.25, 0.3) is 0 Å². The molecule has 0 N–H and O–H groups in total. The summed E-state index contributed by atoms with van der Waals surface area (Å²) < 4.78 is 36.8. The molecule has 94 valence electrons. The molecule has 0 aromatic heterocycles. The minimum Gasteiger partial charge on any atom is -0.294 e. The number of carbonyl (C=O) groups is 1. The van der Waals surface area contributed by atoms with Gasteiger partial charge in [-0.05, 0) is 39.8 Å². The van der Waals surface area contributed by atoms with Gasteiger partial charge in [0.25, 0.3) is 0 Å². The van der Waals surface area contributed by atoms with Gasteiger partial charge >= 0.3 is 5.51 Å². The number of Topliss-reactive ketones (excluding diaryl/α,β-unsaturated/α-hetero) is 1. The van der Waals surface area contributed by atoms with E-state index in [0.29, 0.717) is 17.3 Å². The van der Waals surface area contributed by atoms with Crippen LogP contribution in [-0.4, -0.2) is 16.6 Å². The van der Waals surface area contributed by atoms with Gasteiger partial charge in [0.05, 0.1) is 0 Å². The van der Waals surface area contributed by atoms with Crippen molar-refractivity contribution in [2.75, 3.05) is 5.33 Å². The van der Waals surface area contributed by atoms with E-state index in [9.17, 15) is 18.0 Å². The van der Waals surface area contributed by atoms with Gasteiger partial charge in [0, 0.05) is 26.7 Å². The van der Waals surface area contributed by atoms with Gasteiger partial charge in [-0.25, -0.2) is 0 Å². The average molecular weight is 392 g/mol. The highest BCUT2D eigenvalue weighted by molar-refractivity contribution is 9.10. The third kappa shape index (κ3) is 5.01. The molecule has 0 bridgehead atoms. The Bertz CT molecular complexity index is 421. The Kier molecular flexibility index (Phi) is 5.53. The van der Waals surface area contributed by atoms with Gasteiger partial charge in [0.15, 0.2) is 5.78 Å². The number of thioether (sulfide) groups is 1. The third-order valence-electron chi connectivity index (χ3n) is 1.80. The monoisotopic (exact) mass is 390 g/mol. The molecule has 1 nitrogen and oxygen atoms in total. The van der Waals surface area contributed by atoms with Gasteiger partial charge in [-0.2, -0.15) is 13.2 Å². The molecule has 0 saturated heterocycles. The van der Waals surface area contributed by atoms with Gasteiger partial charge in [0.2, 0.25) is 0 Å². The van der Waals surface area contributed by atoms with Crippen LogP contribution in [0.5, 0.6) is 0 Å². The lowest BCUT2D eigenvalue weighted by atomic mass is 10.1. The summed E-state index contributed by atoms with van der Waals surface area (Å²) in [5.41, 5.74) is -3.92. The molecule has 0 unspecified atom stereocenters. The summed E-state index contributed by atoms with van der Waals surface area (Å²) >= 11 is 5.96. The Hall–Kier alpha value is -0.0100. The zero-order chi connectivity index (χ0) is 13.1. The minimum absolute atomic E-state index is 0.0490. The first-order chi connectivity index (χ1) is 7.83. The molecule has 7 heteroatoms. The summed E-state index contributed by atoms with van der Waals surface area (Å²) in [6.07, 6.45) is 0.318. The number of hydrogen-bond acceptors (Lipinski definition) is 2. The first-order valence-electron chi connectivity index (χ1n) is 4.48. The topological polar surface area (TPSA) is 17.1 Å². The number of benzene rings is 1. The second kappa shape index (κ2) is 6.24. The molecule has 0 atom stereocenters. The lowest BCUT2D eigenvalue weighted by molar-refractivity contribution is -0.0328. The van der Waals surface area contributed by atoms with Crippen LogP contribution >= 0.6 is 43.6 Å². The summed E-state index contributed by atoms with van der Waals surface area (Å²) in [6.45, 7) is 0. The Labute approximate surface area is 117 Å². The van der Waals surface area contributed by atoms with Gasteiger partial charge in [-0.1, -0.05) is 22.0 Å². The van der Waals surface area contributed by atoms with Crippen molar-refractivity contribution in [3.63, 3.8) is 0 Å². The minimum atomic E-state index is -4.33. The third-order valence-corrected chi connectivity index (χ3v) is 3.92. The van der Waals surface area contributed by atoms with Crippen LogP contribution in [-0.2, 0) is 0 Å². The van der Waals surface area contributed by atoms with E-state index in [1.54, 1.807) is 0 Å². The summed E-state index contributed by atoms with van der Waals surface area (Å²) in [7, 11) is 0. The van der Waals surface area contributed by atoms with Crippen molar-refractivity contribution in [2.45, 2.75) is 16.8 Å². The van der Waals surface area contributed by atoms with Crippen LogP contribution in [0.3, 0.4) is 0 Å². The number of alkyl halides is 4. The van der Waals surface area contributed by atoms with Gasteiger partial charge in [0.1, 0.15) is 0 Å². The van der Waals surface area contributed by atoms with Gasteiger partial charge in [-0.3, -0.25) is 4.79 Å². The molecule has 0 radical (unpaired) electrons. The van der Waals surface area contributed by atoms with Crippen molar-refractivity contribution in [3.05, 3.63) is 28.2 Å². The maximum absolute atomic E-state index is 12.2. The van der Waals surface area contributed by atoms with Crippen molar-refractivity contribution < 1.29 is 18.0 Å². The van der Waals surface area contributed by atoms with E-state index < -0.39 is 5.51 Å². The first-order valence-corrected chi connectivity index (χ1v) is 7.21. The van der Waals surface area contributed by atoms with Crippen LogP contribution < -0.4 is 0 Å². The number of carbonyl (C=O) groups excluding carboxylic acids is 1. The summed E-state index contributed by atoms with van der Waals surface area (Å²) in [6, 6.07) is 4.12. The van der Waals surface area contributed by atoms with E-state index in [1.165, 1.54) is 18.2 Å². The van der Waals surface area contributed by atoms with Crippen molar-refractivity contribution in [1.82, 2.24) is 0 Å². The van der Waals surface area contributed by atoms with Gasteiger partial charge < -0.3 is 0 Å². The van der Waals surface area contributed by atoms with Crippen LogP contribution in [0.1, 0.15) is 16.8 Å². The Morgan fingerprint density at radius 2 is 2.00 bits per heavy atom. The van der Waals surface area contributed by atoms with Crippen molar-refractivity contribution >= 4 is 49.4 Å². The number of halogens is 5. The van der Waals surface area contributed by atoms with E-state index in [1.807, 2.05) is 0 Å².